The van der Waals surface area contributed by atoms with Gasteiger partial charge in [-0.1, -0.05) is 30.3 Å². The quantitative estimate of drug-likeness (QED) is 0.583. The first-order valence-corrected chi connectivity index (χ1v) is 8.31. The molecule has 8 heteroatoms. The van der Waals surface area contributed by atoms with Crippen molar-refractivity contribution >= 4 is 32.8 Å². The van der Waals surface area contributed by atoms with Crippen molar-refractivity contribution in [3.63, 3.8) is 0 Å². The van der Waals surface area contributed by atoms with Crippen LogP contribution in [0, 0.1) is 0 Å². The molecule has 0 radical (unpaired) electrons. The highest BCUT2D eigenvalue weighted by Crippen LogP contribution is 2.31. The second kappa shape index (κ2) is 6.41. The second-order valence-electron chi connectivity index (χ2n) is 4.79. The first kappa shape index (κ1) is 18.2. The summed E-state index contributed by atoms with van der Waals surface area (Å²) < 4.78 is 60.1. The van der Waals surface area contributed by atoms with Crippen LogP contribution in [-0.2, 0) is 9.84 Å². The molecule has 0 saturated carbocycles. The van der Waals surface area contributed by atoms with E-state index < -0.39 is 26.0 Å². The minimum absolute atomic E-state index is 0.0216. The van der Waals surface area contributed by atoms with E-state index in [9.17, 15) is 26.4 Å². The average Bonchev–Trinajstić information content (AvgIpc) is 2.53. The number of sulfone groups is 1. The summed E-state index contributed by atoms with van der Waals surface area (Å²) >= 11 is 5.73. The molecule has 2 rings (SSSR count). The molecule has 0 fully saturated rings. The number of alkyl halides is 3. The Hall–Kier alpha value is -2.12. The summed E-state index contributed by atoms with van der Waals surface area (Å²) in [5, 5.41) is 0.443. The molecule has 126 valence electrons. The number of halogens is 4. The van der Waals surface area contributed by atoms with Gasteiger partial charge in [0.15, 0.2) is 5.78 Å². The molecular formula is C16H10ClF3O3S. The van der Waals surface area contributed by atoms with Gasteiger partial charge < -0.3 is 0 Å². The van der Waals surface area contributed by atoms with Crippen LogP contribution in [0.15, 0.2) is 60.0 Å². The number of hydrogen-bond donors (Lipinski definition) is 0. The fourth-order valence-electron chi connectivity index (χ4n) is 1.88. The maximum absolute atomic E-state index is 12.5. The summed E-state index contributed by atoms with van der Waals surface area (Å²) in [5.74, 6) is -0.446. The van der Waals surface area contributed by atoms with E-state index in [4.69, 9.17) is 11.6 Å². The lowest BCUT2D eigenvalue weighted by atomic mass is 9.98. The molecule has 0 amide bonds. The van der Waals surface area contributed by atoms with Crippen LogP contribution in [0.3, 0.4) is 0 Å². The number of carbonyl (C=O) groups excluding carboxylic acids is 1. The molecule has 0 aliphatic rings. The number of benzene rings is 2. The first-order valence-electron chi connectivity index (χ1n) is 6.45. The zero-order valence-electron chi connectivity index (χ0n) is 12.0. The SMILES string of the molecule is C=C(C(=O)c1ccc(Cl)cc1)c1ccc(S(=O)(=O)C(F)(F)F)cc1. The topological polar surface area (TPSA) is 51.2 Å². The highest BCUT2D eigenvalue weighted by atomic mass is 35.5. The van der Waals surface area contributed by atoms with Crippen molar-refractivity contribution in [1.29, 1.82) is 0 Å². The molecule has 0 spiro atoms. The van der Waals surface area contributed by atoms with Crippen molar-refractivity contribution in [2.45, 2.75) is 10.4 Å². The number of hydrogen-bond acceptors (Lipinski definition) is 3. The van der Waals surface area contributed by atoms with Gasteiger partial charge >= 0.3 is 5.51 Å². The second-order valence-corrected chi connectivity index (χ2v) is 7.17. The van der Waals surface area contributed by atoms with E-state index >= 15 is 0 Å². The third-order valence-electron chi connectivity index (χ3n) is 3.20. The molecule has 2 aromatic carbocycles. The molecule has 0 aliphatic heterocycles. The molecule has 0 aromatic heterocycles. The number of Topliss-reactive ketones (excluding diaryl/α,β-unsaturated/α-hetero) is 1. The molecule has 2 aromatic rings. The fraction of sp³-hybridized carbons (Fsp3) is 0.0625. The predicted octanol–water partition coefficient (Wildman–Crippen LogP) is 4.53. The lowest BCUT2D eigenvalue weighted by Crippen LogP contribution is -2.23. The van der Waals surface area contributed by atoms with Crippen LogP contribution in [-0.4, -0.2) is 19.7 Å². The Morgan fingerprint density at radius 3 is 1.83 bits per heavy atom. The minimum atomic E-state index is -5.43. The van der Waals surface area contributed by atoms with Crippen molar-refractivity contribution < 1.29 is 26.4 Å². The Morgan fingerprint density at radius 2 is 1.38 bits per heavy atom. The number of allylic oxidation sites excluding steroid dienone is 1. The average molecular weight is 375 g/mol. The number of rotatable bonds is 4. The van der Waals surface area contributed by atoms with Crippen LogP contribution in [0.2, 0.25) is 5.02 Å². The lowest BCUT2D eigenvalue weighted by molar-refractivity contribution is -0.0436. The molecule has 3 nitrogen and oxygen atoms in total. The summed E-state index contributed by atoms with van der Waals surface area (Å²) in [5.41, 5.74) is -4.84. The van der Waals surface area contributed by atoms with E-state index in [2.05, 4.69) is 6.58 Å². The van der Waals surface area contributed by atoms with Crippen LogP contribution in [0.25, 0.3) is 5.57 Å². The maximum Gasteiger partial charge on any atom is 0.501 e. The van der Waals surface area contributed by atoms with Crippen molar-refractivity contribution in [3.05, 3.63) is 71.3 Å². The summed E-state index contributed by atoms with van der Waals surface area (Å²) in [6, 6.07) is 9.79. The molecule has 0 aliphatic carbocycles. The molecule has 0 bridgehead atoms. The van der Waals surface area contributed by atoms with E-state index in [1.807, 2.05) is 0 Å². The highest BCUT2D eigenvalue weighted by molar-refractivity contribution is 7.92. The van der Waals surface area contributed by atoms with Gasteiger partial charge in [0.05, 0.1) is 4.90 Å². The minimum Gasteiger partial charge on any atom is -0.289 e. The Labute approximate surface area is 141 Å². The highest BCUT2D eigenvalue weighted by Gasteiger charge is 2.46. The van der Waals surface area contributed by atoms with Crippen molar-refractivity contribution in [2.24, 2.45) is 0 Å². The Kier molecular flexibility index (Phi) is 4.87. The predicted molar refractivity (Wildman–Crippen MR) is 84.5 cm³/mol. The van der Waals surface area contributed by atoms with Gasteiger partial charge in [0.25, 0.3) is 9.84 Å². The maximum atomic E-state index is 12.5. The van der Waals surface area contributed by atoms with E-state index in [0.717, 1.165) is 24.3 Å². The standard InChI is InChI=1S/C16H10ClF3O3S/c1-10(15(21)12-2-6-13(17)7-3-12)11-4-8-14(9-5-11)24(22,23)16(18,19)20/h2-9H,1H2. The Balaban J connectivity index is 2.29. The van der Waals surface area contributed by atoms with Gasteiger partial charge in [0, 0.05) is 16.2 Å². The Morgan fingerprint density at radius 1 is 0.917 bits per heavy atom. The van der Waals surface area contributed by atoms with Crippen LogP contribution in [0.4, 0.5) is 13.2 Å². The molecule has 0 saturated heterocycles. The number of ketones is 1. The summed E-state index contributed by atoms with van der Waals surface area (Å²) in [6.07, 6.45) is 0. The molecule has 0 atom stereocenters. The van der Waals surface area contributed by atoms with E-state index in [-0.39, 0.29) is 11.1 Å². The van der Waals surface area contributed by atoms with Gasteiger partial charge in [0.1, 0.15) is 0 Å². The van der Waals surface area contributed by atoms with Gasteiger partial charge in [-0.2, -0.15) is 13.2 Å². The zero-order valence-corrected chi connectivity index (χ0v) is 13.5. The smallest absolute Gasteiger partial charge is 0.289 e. The van der Waals surface area contributed by atoms with E-state index in [1.54, 1.807) is 0 Å². The zero-order chi connectivity index (χ0) is 18.1. The normalized spacial score (nSPS) is 12.0. The van der Waals surface area contributed by atoms with Crippen molar-refractivity contribution in [1.82, 2.24) is 0 Å². The molecule has 0 unspecified atom stereocenters. The van der Waals surface area contributed by atoms with Crippen LogP contribution < -0.4 is 0 Å². The number of carbonyl (C=O) groups is 1. The monoisotopic (exact) mass is 374 g/mol. The first-order chi connectivity index (χ1) is 11.0. The summed E-state index contributed by atoms with van der Waals surface area (Å²) in [7, 11) is -5.43. The van der Waals surface area contributed by atoms with Crippen molar-refractivity contribution in [2.75, 3.05) is 0 Å². The van der Waals surface area contributed by atoms with Gasteiger partial charge in [-0.15, -0.1) is 0 Å². The van der Waals surface area contributed by atoms with Gasteiger partial charge in [-0.3, -0.25) is 4.79 Å². The van der Waals surface area contributed by atoms with Gasteiger partial charge in [0.2, 0.25) is 0 Å². The lowest BCUT2D eigenvalue weighted by Gasteiger charge is -2.09. The van der Waals surface area contributed by atoms with Crippen LogP contribution >= 0.6 is 11.6 Å². The van der Waals surface area contributed by atoms with Crippen LogP contribution in [0.5, 0.6) is 0 Å². The molecule has 0 N–H and O–H groups in total. The fourth-order valence-corrected chi connectivity index (χ4v) is 2.76. The van der Waals surface area contributed by atoms with E-state index in [0.29, 0.717) is 10.6 Å². The largest absolute Gasteiger partial charge is 0.501 e. The third-order valence-corrected chi connectivity index (χ3v) is 4.95. The molecule has 24 heavy (non-hydrogen) atoms. The van der Waals surface area contributed by atoms with Gasteiger partial charge in [-0.25, -0.2) is 8.42 Å². The summed E-state index contributed by atoms with van der Waals surface area (Å²) in [6.45, 7) is 3.61. The molecule has 0 heterocycles. The Bertz CT molecular complexity index is 884. The third kappa shape index (κ3) is 3.52. The van der Waals surface area contributed by atoms with Gasteiger partial charge in [-0.05, 0) is 42.0 Å². The van der Waals surface area contributed by atoms with E-state index in [1.165, 1.54) is 24.3 Å². The molecular weight excluding hydrogens is 365 g/mol. The summed E-state index contributed by atoms with van der Waals surface area (Å²) in [4.78, 5) is 11.4. The van der Waals surface area contributed by atoms with Crippen molar-refractivity contribution in [3.8, 4) is 0 Å². The van der Waals surface area contributed by atoms with Crippen LogP contribution in [0.1, 0.15) is 15.9 Å².